The van der Waals surface area contributed by atoms with Crippen molar-refractivity contribution < 1.29 is 4.74 Å². The van der Waals surface area contributed by atoms with Crippen LogP contribution in [-0.4, -0.2) is 28.6 Å². The lowest BCUT2D eigenvalue weighted by atomic mass is 10.3. The number of aromatic nitrogens is 2. The van der Waals surface area contributed by atoms with Crippen molar-refractivity contribution in [2.75, 3.05) is 18.0 Å². The maximum Gasteiger partial charge on any atom is 0.205 e. The molecule has 1 aromatic carbocycles. The van der Waals surface area contributed by atoms with E-state index in [-0.39, 0.29) is 6.10 Å². The summed E-state index contributed by atoms with van der Waals surface area (Å²) < 4.78 is 10.1. The molecule has 20 heavy (non-hydrogen) atoms. The molecule has 0 amide bonds. The number of ether oxygens (including phenoxy) is 1. The average molecular weight is 330 g/mol. The molecule has 1 atom stereocenters. The molecule has 1 aromatic heterocycles. The van der Waals surface area contributed by atoms with E-state index in [1.807, 2.05) is 13.0 Å². The molecule has 0 aliphatic carbocycles. The predicted octanol–water partition coefficient (Wildman–Crippen LogP) is 3.81. The molecule has 1 saturated heterocycles. The van der Waals surface area contributed by atoms with Crippen LogP contribution in [0.3, 0.4) is 0 Å². The Kier molecular flexibility index (Phi) is 4.01. The molecule has 4 nitrogen and oxygen atoms in total. The second kappa shape index (κ2) is 5.76. The highest BCUT2D eigenvalue weighted by Gasteiger charge is 2.26. The number of anilines is 1. The number of aryl methyl sites for hydroxylation is 1. The maximum atomic E-state index is 5.99. The summed E-state index contributed by atoms with van der Waals surface area (Å²) in [5.41, 5.74) is 0. The summed E-state index contributed by atoms with van der Waals surface area (Å²) in [7, 11) is 0. The molecule has 1 aliphatic rings. The van der Waals surface area contributed by atoms with Gasteiger partial charge >= 0.3 is 0 Å². The second-order valence-electron chi connectivity index (χ2n) is 4.67. The van der Waals surface area contributed by atoms with E-state index in [0.29, 0.717) is 10.0 Å². The topological polar surface area (TPSA) is 38.2 Å². The summed E-state index contributed by atoms with van der Waals surface area (Å²) in [6.45, 7) is 3.65. The van der Waals surface area contributed by atoms with E-state index in [1.165, 1.54) is 11.5 Å². The number of hydrogen-bond donors (Lipinski definition) is 0. The summed E-state index contributed by atoms with van der Waals surface area (Å²) in [4.78, 5) is 6.60. The van der Waals surface area contributed by atoms with Crippen molar-refractivity contribution in [1.82, 2.24) is 9.36 Å². The van der Waals surface area contributed by atoms with Crippen molar-refractivity contribution in [3.8, 4) is 5.75 Å². The van der Waals surface area contributed by atoms with E-state index < -0.39 is 0 Å². The Hall–Kier alpha value is -1.04. The minimum absolute atomic E-state index is 0.136. The van der Waals surface area contributed by atoms with E-state index in [4.69, 9.17) is 27.9 Å². The molecule has 0 N–H and O–H groups in total. The molecular formula is C13H13Cl2N3OS. The highest BCUT2D eigenvalue weighted by molar-refractivity contribution is 7.09. The molecule has 0 radical (unpaired) electrons. The summed E-state index contributed by atoms with van der Waals surface area (Å²) in [5.74, 6) is 1.57. The lowest BCUT2D eigenvalue weighted by Crippen LogP contribution is -2.24. The monoisotopic (exact) mass is 329 g/mol. The van der Waals surface area contributed by atoms with Gasteiger partial charge in [-0.1, -0.05) is 23.2 Å². The molecule has 2 aromatic rings. The number of nitrogens with zero attached hydrogens (tertiary/aromatic N) is 3. The van der Waals surface area contributed by atoms with Crippen LogP contribution in [0.2, 0.25) is 10.0 Å². The number of benzene rings is 1. The van der Waals surface area contributed by atoms with Crippen LogP contribution < -0.4 is 9.64 Å². The van der Waals surface area contributed by atoms with E-state index >= 15 is 0 Å². The van der Waals surface area contributed by atoms with Crippen molar-refractivity contribution in [3.05, 3.63) is 34.1 Å². The number of hydrogen-bond acceptors (Lipinski definition) is 5. The molecule has 3 rings (SSSR count). The van der Waals surface area contributed by atoms with Crippen LogP contribution in [0.4, 0.5) is 5.13 Å². The fourth-order valence-electron chi connectivity index (χ4n) is 2.16. The van der Waals surface area contributed by atoms with Crippen molar-refractivity contribution in [3.63, 3.8) is 0 Å². The first-order chi connectivity index (χ1) is 9.61. The van der Waals surface area contributed by atoms with Crippen molar-refractivity contribution in [2.24, 2.45) is 0 Å². The lowest BCUT2D eigenvalue weighted by Gasteiger charge is -2.16. The third-order valence-corrected chi connectivity index (χ3v) is 4.73. The van der Waals surface area contributed by atoms with Crippen LogP contribution in [0.15, 0.2) is 18.2 Å². The predicted molar refractivity (Wildman–Crippen MR) is 82.4 cm³/mol. The van der Waals surface area contributed by atoms with Gasteiger partial charge in [-0.05, 0) is 19.1 Å². The third kappa shape index (κ3) is 3.00. The normalized spacial score (nSPS) is 18.6. The van der Waals surface area contributed by atoms with Gasteiger partial charge in [0.15, 0.2) is 0 Å². The van der Waals surface area contributed by atoms with Crippen LogP contribution in [0.1, 0.15) is 12.2 Å². The first-order valence-electron chi connectivity index (χ1n) is 6.29. The van der Waals surface area contributed by atoms with Crippen LogP contribution >= 0.6 is 34.7 Å². The summed E-state index contributed by atoms with van der Waals surface area (Å²) in [5, 5.41) is 2.01. The zero-order valence-corrected chi connectivity index (χ0v) is 13.2. The van der Waals surface area contributed by atoms with Gasteiger partial charge in [-0.2, -0.15) is 4.37 Å². The smallest absolute Gasteiger partial charge is 0.205 e. The van der Waals surface area contributed by atoms with Crippen molar-refractivity contribution in [1.29, 1.82) is 0 Å². The van der Waals surface area contributed by atoms with Gasteiger partial charge in [-0.15, -0.1) is 0 Å². The molecular weight excluding hydrogens is 317 g/mol. The lowest BCUT2D eigenvalue weighted by molar-refractivity contribution is 0.225. The maximum absolute atomic E-state index is 5.99. The van der Waals surface area contributed by atoms with Gasteiger partial charge in [0.05, 0.1) is 16.6 Å². The van der Waals surface area contributed by atoms with Crippen molar-refractivity contribution >= 4 is 39.9 Å². The largest absolute Gasteiger partial charge is 0.488 e. The molecule has 1 aliphatic heterocycles. The van der Waals surface area contributed by atoms with Gasteiger partial charge in [0.25, 0.3) is 0 Å². The molecule has 7 heteroatoms. The summed E-state index contributed by atoms with van der Waals surface area (Å²) >= 11 is 13.3. The molecule has 1 unspecified atom stereocenters. The van der Waals surface area contributed by atoms with E-state index in [2.05, 4.69) is 14.3 Å². The third-order valence-electron chi connectivity index (χ3n) is 3.13. The number of rotatable bonds is 3. The first-order valence-corrected chi connectivity index (χ1v) is 7.82. The molecule has 0 spiro atoms. The fourth-order valence-corrected chi connectivity index (χ4v) is 3.15. The fraction of sp³-hybridized carbons (Fsp3) is 0.385. The zero-order valence-electron chi connectivity index (χ0n) is 10.8. The Labute approximate surface area is 131 Å². The second-order valence-corrected chi connectivity index (χ2v) is 6.22. The Morgan fingerprint density at radius 3 is 2.90 bits per heavy atom. The highest BCUT2D eigenvalue weighted by atomic mass is 35.5. The van der Waals surface area contributed by atoms with Crippen LogP contribution in [-0.2, 0) is 0 Å². The average Bonchev–Trinajstić information content (AvgIpc) is 3.03. The minimum atomic E-state index is 0.136. The van der Waals surface area contributed by atoms with Gasteiger partial charge in [0.1, 0.15) is 17.7 Å². The zero-order chi connectivity index (χ0) is 14.1. The standard InChI is InChI=1S/C13H13Cl2N3OS/c1-8-16-13(20-17-8)18-5-4-10(7-18)19-9-2-3-11(14)12(15)6-9/h2-3,6,10H,4-5,7H2,1H3. The van der Waals surface area contributed by atoms with Crippen LogP contribution in [0, 0.1) is 6.92 Å². The van der Waals surface area contributed by atoms with E-state index in [9.17, 15) is 0 Å². The van der Waals surface area contributed by atoms with Gasteiger partial charge < -0.3 is 9.64 Å². The quantitative estimate of drug-likeness (QED) is 0.858. The Bertz CT molecular complexity index is 619. The Balaban J connectivity index is 1.64. The number of halogens is 2. The SMILES string of the molecule is Cc1nsc(N2CCC(Oc3ccc(Cl)c(Cl)c3)C2)n1. The first kappa shape index (κ1) is 13.9. The molecule has 0 saturated carbocycles. The molecule has 106 valence electrons. The van der Waals surface area contributed by atoms with Crippen LogP contribution in [0.5, 0.6) is 5.75 Å². The van der Waals surface area contributed by atoms with Gasteiger partial charge in [0, 0.05) is 30.6 Å². The Morgan fingerprint density at radius 1 is 1.35 bits per heavy atom. The molecule has 2 heterocycles. The van der Waals surface area contributed by atoms with E-state index in [1.54, 1.807) is 12.1 Å². The molecule has 1 fully saturated rings. The van der Waals surface area contributed by atoms with Gasteiger partial charge in [-0.3, -0.25) is 0 Å². The minimum Gasteiger partial charge on any atom is -0.488 e. The Morgan fingerprint density at radius 2 is 2.20 bits per heavy atom. The molecule has 0 bridgehead atoms. The highest BCUT2D eigenvalue weighted by Crippen LogP contribution is 2.29. The summed E-state index contributed by atoms with van der Waals surface area (Å²) in [6, 6.07) is 5.34. The van der Waals surface area contributed by atoms with Crippen LogP contribution in [0.25, 0.3) is 0 Å². The summed E-state index contributed by atoms with van der Waals surface area (Å²) in [6.07, 6.45) is 1.09. The van der Waals surface area contributed by atoms with Crippen molar-refractivity contribution in [2.45, 2.75) is 19.4 Å². The van der Waals surface area contributed by atoms with Gasteiger partial charge in [-0.25, -0.2) is 4.98 Å². The van der Waals surface area contributed by atoms with Gasteiger partial charge in [0.2, 0.25) is 5.13 Å². The van der Waals surface area contributed by atoms with E-state index in [0.717, 1.165) is 36.2 Å².